The van der Waals surface area contributed by atoms with Gasteiger partial charge >= 0.3 is 5.97 Å². The van der Waals surface area contributed by atoms with Crippen LogP contribution >= 0.6 is 23.1 Å². The Labute approximate surface area is 149 Å². The lowest BCUT2D eigenvalue weighted by Gasteiger charge is -2.25. The molecular formula is C18H19NO3S2. The van der Waals surface area contributed by atoms with E-state index in [0.29, 0.717) is 6.42 Å². The molecule has 1 aliphatic heterocycles. The average Bonchev–Trinajstić information content (AvgIpc) is 3.07. The van der Waals surface area contributed by atoms with Gasteiger partial charge in [0.2, 0.25) is 5.91 Å². The highest BCUT2D eigenvalue weighted by molar-refractivity contribution is 8.00. The van der Waals surface area contributed by atoms with Crippen molar-refractivity contribution >= 4 is 35.0 Å². The van der Waals surface area contributed by atoms with E-state index >= 15 is 0 Å². The molecule has 6 heteroatoms. The van der Waals surface area contributed by atoms with E-state index in [0.717, 1.165) is 23.3 Å². The number of thioether (sulfide) groups is 1. The second-order valence-electron chi connectivity index (χ2n) is 5.70. The van der Waals surface area contributed by atoms with Crippen LogP contribution in [0.3, 0.4) is 0 Å². The first-order chi connectivity index (χ1) is 11.6. The van der Waals surface area contributed by atoms with E-state index in [1.807, 2.05) is 41.8 Å². The maximum Gasteiger partial charge on any atom is 0.303 e. The normalized spacial score (nSPS) is 17.8. The van der Waals surface area contributed by atoms with Gasteiger partial charge in [0, 0.05) is 11.3 Å². The van der Waals surface area contributed by atoms with Gasteiger partial charge in [-0.2, -0.15) is 0 Å². The number of hydrogen-bond donors (Lipinski definition) is 2. The molecule has 1 aromatic carbocycles. The molecule has 126 valence electrons. The summed E-state index contributed by atoms with van der Waals surface area (Å²) in [5, 5.41) is 13.9. The van der Waals surface area contributed by atoms with Crippen molar-refractivity contribution in [3.05, 3.63) is 57.8 Å². The van der Waals surface area contributed by atoms with E-state index < -0.39 is 5.97 Å². The summed E-state index contributed by atoms with van der Waals surface area (Å²) in [5.41, 5.74) is 2.05. The van der Waals surface area contributed by atoms with Gasteiger partial charge in [-0.25, -0.2) is 0 Å². The average molecular weight is 361 g/mol. The lowest BCUT2D eigenvalue weighted by molar-refractivity contribution is -0.137. The van der Waals surface area contributed by atoms with Gasteiger partial charge < -0.3 is 10.4 Å². The Morgan fingerprint density at radius 3 is 2.79 bits per heavy atom. The van der Waals surface area contributed by atoms with Crippen molar-refractivity contribution in [1.29, 1.82) is 0 Å². The summed E-state index contributed by atoms with van der Waals surface area (Å²) < 4.78 is 0. The van der Waals surface area contributed by atoms with Crippen molar-refractivity contribution in [2.75, 3.05) is 5.75 Å². The first-order valence-electron chi connectivity index (χ1n) is 7.90. The third-order valence-electron chi connectivity index (χ3n) is 4.08. The second kappa shape index (κ2) is 7.85. The molecule has 0 radical (unpaired) electrons. The number of aryl methyl sites for hydroxylation is 1. The van der Waals surface area contributed by atoms with E-state index in [9.17, 15) is 9.59 Å². The van der Waals surface area contributed by atoms with Gasteiger partial charge in [0.1, 0.15) is 5.25 Å². The lowest BCUT2D eigenvalue weighted by atomic mass is 10.0. The van der Waals surface area contributed by atoms with E-state index in [1.165, 1.54) is 4.88 Å². The Hall–Kier alpha value is -1.79. The number of fused-ring (bicyclic) bond motifs is 1. The number of carboxylic acid groups (broad SMARTS) is 1. The van der Waals surface area contributed by atoms with Crippen molar-refractivity contribution in [3.63, 3.8) is 0 Å². The van der Waals surface area contributed by atoms with Crippen molar-refractivity contribution in [2.45, 2.75) is 30.6 Å². The number of benzene rings is 1. The highest BCUT2D eigenvalue weighted by Gasteiger charge is 2.29. The monoisotopic (exact) mass is 361 g/mol. The summed E-state index contributed by atoms with van der Waals surface area (Å²) in [6.07, 6.45) is 1.43. The third kappa shape index (κ3) is 3.99. The van der Waals surface area contributed by atoms with Crippen LogP contribution in [-0.2, 0) is 16.0 Å². The minimum Gasteiger partial charge on any atom is -0.481 e. The van der Waals surface area contributed by atoms with Crippen LogP contribution in [0.15, 0.2) is 41.8 Å². The number of aliphatic carboxylic acids is 1. The number of carbonyl (C=O) groups is 2. The molecule has 0 fully saturated rings. The topological polar surface area (TPSA) is 66.4 Å². The van der Waals surface area contributed by atoms with Crippen LogP contribution in [-0.4, -0.2) is 22.7 Å². The van der Waals surface area contributed by atoms with E-state index in [4.69, 9.17) is 5.11 Å². The molecule has 2 unspecified atom stereocenters. The second-order valence-corrected chi connectivity index (χ2v) is 7.92. The fourth-order valence-corrected chi connectivity index (χ4v) is 5.19. The predicted octanol–water partition coefficient (Wildman–Crippen LogP) is 3.80. The van der Waals surface area contributed by atoms with Crippen molar-refractivity contribution in [2.24, 2.45) is 0 Å². The Morgan fingerprint density at radius 1 is 1.25 bits per heavy atom. The fourth-order valence-electron chi connectivity index (χ4n) is 2.89. The molecule has 1 aliphatic rings. The highest BCUT2D eigenvalue weighted by atomic mass is 32.2. The molecule has 4 nitrogen and oxygen atoms in total. The van der Waals surface area contributed by atoms with Gasteiger partial charge in [-0.05, 0) is 41.2 Å². The summed E-state index contributed by atoms with van der Waals surface area (Å²) in [6.45, 7) is 0. The van der Waals surface area contributed by atoms with Crippen LogP contribution in [0.1, 0.15) is 40.1 Å². The summed E-state index contributed by atoms with van der Waals surface area (Å²) in [7, 11) is 0. The molecule has 2 heterocycles. The molecule has 1 aromatic heterocycles. The first kappa shape index (κ1) is 17.0. The van der Waals surface area contributed by atoms with Crippen molar-refractivity contribution in [3.8, 4) is 0 Å². The summed E-state index contributed by atoms with van der Waals surface area (Å²) >= 11 is 3.36. The number of carboxylic acids is 1. The van der Waals surface area contributed by atoms with E-state index in [1.54, 1.807) is 23.1 Å². The Balaban J connectivity index is 1.75. The molecule has 0 saturated heterocycles. The standard InChI is InChI=1S/C18H19NO3S2/c20-16(21)7-6-14(12-4-2-1-3-5-12)19-18(22)17-13-8-10-23-15(13)9-11-24-17/h1-5,8,10,14,17H,6-7,9,11H2,(H,19,22)(H,20,21). The molecule has 2 atom stereocenters. The lowest BCUT2D eigenvalue weighted by Crippen LogP contribution is -2.33. The van der Waals surface area contributed by atoms with Crippen LogP contribution in [0, 0.1) is 0 Å². The maximum atomic E-state index is 12.8. The molecule has 1 amide bonds. The fraction of sp³-hybridized carbons (Fsp3) is 0.333. The molecular weight excluding hydrogens is 342 g/mol. The number of carbonyl (C=O) groups excluding carboxylic acids is 1. The molecule has 3 rings (SSSR count). The molecule has 2 N–H and O–H groups in total. The van der Waals surface area contributed by atoms with Crippen molar-refractivity contribution in [1.82, 2.24) is 5.32 Å². The molecule has 0 spiro atoms. The SMILES string of the molecule is O=C(O)CCC(NC(=O)C1SCCc2sccc21)c1ccccc1. The van der Waals surface area contributed by atoms with E-state index in [2.05, 4.69) is 5.32 Å². The third-order valence-corrected chi connectivity index (χ3v) is 6.32. The quantitative estimate of drug-likeness (QED) is 0.821. The van der Waals surface area contributed by atoms with Crippen LogP contribution < -0.4 is 5.32 Å². The maximum absolute atomic E-state index is 12.8. The van der Waals surface area contributed by atoms with Gasteiger partial charge in [-0.1, -0.05) is 30.3 Å². The first-order valence-corrected chi connectivity index (χ1v) is 9.83. The number of amides is 1. The molecule has 2 aromatic rings. The summed E-state index contributed by atoms with van der Waals surface area (Å²) in [6, 6.07) is 11.3. The Bertz CT molecular complexity index is 714. The minimum atomic E-state index is -0.850. The van der Waals surface area contributed by atoms with Gasteiger partial charge in [-0.3, -0.25) is 9.59 Å². The van der Waals surface area contributed by atoms with Crippen LogP contribution in [0.25, 0.3) is 0 Å². The van der Waals surface area contributed by atoms with Gasteiger partial charge in [0.25, 0.3) is 0 Å². The molecule has 0 bridgehead atoms. The number of hydrogen-bond acceptors (Lipinski definition) is 4. The zero-order valence-electron chi connectivity index (χ0n) is 13.1. The smallest absolute Gasteiger partial charge is 0.303 e. The van der Waals surface area contributed by atoms with Crippen molar-refractivity contribution < 1.29 is 14.7 Å². The van der Waals surface area contributed by atoms with Crippen LogP contribution in [0.5, 0.6) is 0 Å². The van der Waals surface area contributed by atoms with Gasteiger partial charge in [0.15, 0.2) is 0 Å². The predicted molar refractivity (Wildman–Crippen MR) is 97.4 cm³/mol. The largest absolute Gasteiger partial charge is 0.481 e. The van der Waals surface area contributed by atoms with Crippen LogP contribution in [0.4, 0.5) is 0 Å². The zero-order valence-corrected chi connectivity index (χ0v) is 14.7. The highest BCUT2D eigenvalue weighted by Crippen LogP contribution is 2.39. The number of nitrogens with one attached hydrogen (secondary N) is 1. The summed E-state index contributed by atoms with van der Waals surface area (Å²) in [5.74, 6) is 0.0624. The Kier molecular flexibility index (Phi) is 5.58. The van der Waals surface area contributed by atoms with Gasteiger partial charge in [0.05, 0.1) is 6.04 Å². The van der Waals surface area contributed by atoms with E-state index in [-0.39, 0.29) is 23.6 Å². The molecule has 24 heavy (non-hydrogen) atoms. The number of rotatable bonds is 6. The molecule has 0 aliphatic carbocycles. The summed E-state index contributed by atoms with van der Waals surface area (Å²) in [4.78, 5) is 25.0. The van der Waals surface area contributed by atoms with Gasteiger partial charge in [-0.15, -0.1) is 23.1 Å². The molecule has 0 saturated carbocycles. The Morgan fingerprint density at radius 2 is 2.04 bits per heavy atom. The zero-order chi connectivity index (χ0) is 16.9. The minimum absolute atomic E-state index is 0.0291. The number of thiophene rings is 1. The van der Waals surface area contributed by atoms with Crippen LogP contribution in [0.2, 0.25) is 0 Å².